The largest absolute Gasteiger partial charge is 0.492 e. The molecule has 0 radical (unpaired) electrons. The highest BCUT2D eigenvalue weighted by atomic mass is 79.9. The lowest BCUT2D eigenvalue weighted by atomic mass is 10.2. The molecule has 0 spiro atoms. The minimum Gasteiger partial charge on any atom is -0.492 e. The standard InChI is InChI=1S/C15H15Br2NO/c1-11-8-13(17)10-14(9-11)18-6-7-19-15-4-2-12(16)3-5-15/h2-5,8-10,18H,6-7H2,1H3. The molecule has 0 atom stereocenters. The number of hydrogen-bond donors (Lipinski definition) is 1. The van der Waals surface area contributed by atoms with E-state index in [-0.39, 0.29) is 0 Å². The van der Waals surface area contributed by atoms with Crippen molar-refractivity contribution in [1.82, 2.24) is 0 Å². The monoisotopic (exact) mass is 383 g/mol. The number of anilines is 1. The SMILES string of the molecule is Cc1cc(Br)cc(NCCOc2ccc(Br)cc2)c1. The maximum Gasteiger partial charge on any atom is 0.119 e. The van der Waals surface area contributed by atoms with Gasteiger partial charge in [0, 0.05) is 21.2 Å². The number of hydrogen-bond acceptors (Lipinski definition) is 2. The summed E-state index contributed by atoms with van der Waals surface area (Å²) in [6, 6.07) is 14.1. The maximum absolute atomic E-state index is 5.65. The predicted molar refractivity (Wildman–Crippen MR) is 87.0 cm³/mol. The van der Waals surface area contributed by atoms with Crippen molar-refractivity contribution in [1.29, 1.82) is 0 Å². The van der Waals surface area contributed by atoms with Gasteiger partial charge in [0.1, 0.15) is 12.4 Å². The van der Waals surface area contributed by atoms with E-state index in [1.165, 1.54) is 5.56 Å². The third-order valence-corrected chi connectivity index (χ3v) is 3.54. The fraction of sp³-hybridized carbons (Fsp3) is 0.200. The van der Waals surface area contributed by atoms with Gasteiger partial charge in [0.25, 0.3) is 0 Å². The average molecular weight is 385 g/mol. The highest BCUT2D eigenvalue weighted by Gasteiger charge is 1.97. The third-order valence-electron chi connectivity index (χ3n) is 2.56. The zero-order valence-corrected chi connectivity index (χ0v) is 13.8. The molecule has 1 N–H and O–H groups in total. The van der Waals surface area contributed by atoms with E-state index >= 15 is 0 Å². The maximum atomic E-state index is 5.65. The van der Waals surface area contributed by atoms with Crippen LogP contribution in [0.5, 0.6) is 5.75 Å². The Kier molecular flexibility index (Phi) is 5.28. The van der Waals surface area contributed by atoms with Gasteiger partial charge in [0.2, 0.25) is 0 Å². The lowest BCUT2D eigenvalue weighted by Gasteiger charge is -2.09. The number of halogens is 2. The molecule has 19 heavy (non-hydrogen) atoms. The van der Waals surface area contributed by atoms with Crippen molar-refractivity contribution in [2.45, 2.75) is 6.92 Å². The van der Waals surface area contributed by atoms with E-state index in [4.69, 9.17) is 4.74 Å². The molecular formula is C15H15Br2NO. The summed E-state index contributed by atoms with van der Waals surface area (Å²) in [5.41, 5.74) is 2.33. The normalized spacial score (nSPS) is 10.3. The molecule has 0 heterocycles. The van der Waals surface area contributed by atoms with Crippen LogP contribution in [-0.4, -0.2) is 13.2 Å². The molecule has 0 unspecified atom stereocenters. The van der Waals surface area contributed by atoms with Crippen molar-refractivity contribution in [2.24, 2.45) is 0 Å². The minimum absolute atomic E-state index is 0.632. The Balaban J connectivity index is 1.79. The Bertz CT molecular complexity index is 520. The topological polar surface area (TPSA) is 21.3 Å². The van der Waals surface area contributed by atoms with Gasteiger partial charge in [0.05, 0.1) is 0 Å². The number of ether oxygens (including phenoxy) is 1. The van der Waals surface area contributed by atoms with E-state index in [1.807, 2.05) is 24.3 Å². The van der Waals surface area contributed by atoms with Crippen molar-refractivity contribution in [3.8, 4) is 5.75 Å². The molecule has 4 heteroatoms. The third kappa shape index (κ3) is 4.88. The number of rotatable bonds is 5. The Labute approximate surface area is 130 Å². The second kappa shape index (κ2) is 6.96. The van der Waals surface area contributed by atoms with E-state index in [0.29, 0.717) is 6.61 Å². The van der Waals surface area contributed by atoms with Gasteiger partial charge in [-0.2, -0.15) is 0 Å². The van der Waals surface area contributed by atoms with Crippen LogP contribution >= 0.6 is 31.9 Å². The summed E-state index contributed by atoms with van der Waals surface area (Å²) >= 11 is 6.89. The van der Waals surface area contributed by atoms with Crippen LogP contribution in [0.3, 0.4) is 0 Å². The number of benzene rings is 2. The van der Waals surface area contributed by atoms with Crippen LogP contribution in [0.25, 0.3) is 0 Å². The first-order valence-corrected chi connectivity index (χ1v) is 7.61. The first kappa shape index (κ1) is 14.4. The molecule has 0 aliphatic carbocycles. The van der Waals surface area contributed by atoms with Crippen LogP contribution in [0.1, 0.15) is 5.56 Å². The summed E-state index contributed by atoms with van der Waals surface area (Å²) in [6.07, 6.45) is 0. The fourth-order valence-corrected chi connectivity index (χ4v) is 2.61. The zero-order chi connectivity index (χ0) is 13.7. The summed E-state index contributed by atoms with van der Waals surface area (Å²) in [7, 11) is 0. The van der Waals surface area contributed by atoms with Crippen molar-refractivity contribution in [3.63, 3.8) is 0 Å². The Morgan fingerprint density at radius 2 is 1.74 bits per heavy atom. The van der Waals surface area contributed by atoms with Crippen molar-refractivity contribution < 1.29 is 4.74 Å². The second-order valence-electron chi connectivity index (χ2n) is 4.25. The summed E-state index contributed by atoms with van der Waals surface area (Å²) in [5.74, 6) is 0.885. The first-order chi connectivity index (χ1) is 9.13. The second-order valence-corrected chi connectivity index (χ2v) is 6.08. The Morgan fingerprint density at radius 3 is 2.42 bits per heavy atom. The molecule has 0 aliphatic rings. The minimum atomic E-state index is 0.632. The highest BCUT2D eigenvalue weighted by Crippen LogP contribution is 2.19. The van der Waals surface area contributed by atoms with Crippen LogP contribution in [0.2, 0.25) is 0 Å². The molecule has 0 aliphatic heterocycles. The first-order valence-electron chi connectivity index (χ1n) is 6.03. The highest BCUT2D eigenvalue weighted by molar-refractivity contribution is 9.10. The van der Waals surface area contributed by atoms with Crippen LogP contribution < -0.4 is 10.1 Å². The Morgan fingerprint density at radius 1 is 1.00 bits per heavy atom. The van der Waals surface area contributed by atoms with Crippen molar-refractivity contribution in [2.75, 3.05) is 18.5 Å². The summed E-state index contributed by atoms with van der Waals surface area (Å²) < 4.78 is 7.79. The van der Waals surface area contributed by atoms with Gasteiger partial charge >= 0.3 is 0 Å². The van der Waals surface area contributed by atoms with Gasteiger partial charge in [-0.25, -0.2) is 0 Å². The van der Waals surface area contributed by atoms with Crippen molar-refractivity contribution in [3.05, 3.63) is 57.0 Å². The molecule has 100 valence electrons. The summed E-state index contributed by atoms with van der Waals surface area (Å²) in [5, 5.41) is 3.34. The smallest absolute Gasteiger partial charge is 0.119 e. The molecule has 2 aromatic rings. The molecular weight excluding hydrogens is 370 g/mol. The van der Waals surface area contributed by atoms with Crippen LogP contribution in [0, 0.1) is 6.92 Å². The van der Waals surface area contributed by atoms with Gasteiger partial charge in [0.15, 0.2) is 0 Å². The van der Waals surface area contributed by atoms with Crippen molar-refractivity contribution >= 4 is 37.5 Å². The fourth-order valence-electron chi connectivity index (χ4n) is 1.73. The van der Waals surface area contributed by atoms with Crippen LogP contribution in [-0.2, 0) is 0 Å². The van der Waals surface area contributed by atoms with Gasteiger partial charge in [-0.05, 0) is 55.0 Å². The molecule has 2 nitrogen and oxygen atoms in total. The van der Waals surface area contributed by atoms with E-state index in [9.17, 15) is 0 Å². The quantitative estimate of drug-likeness (QED) is 0.731. The molecule has 0 fully saturated rings. The van der Waals surface area contributed by atoms with Gasteiger partial charge in [-0.1, -0.05) is 31.9 Å². The number of nitrogens with one attached hydrogen (secondary N) is 1. The average Bonchev–Trinajstić information content (AvgIpc) is 2.36. The molecule has 0 aromatic heterocycles. The lowest BCUT2D eigenvalue weighted by molar-refractivity contribution is 0.333. The van der Waals surface area contributed by atoms with Crippen LogP contribution in [0.4, 0.5) is 5.69 Å². The van der Waals surface area contributed by atoms with Gasteiger partial charge < -0.3 is 10.1 Å². The lowest BCUT2D eigenvalue weighted by Crippen LogP contribution is -2.11. The summed E-state index contributed by atoms with van der Waals surface area (Å²) in [4.78, 5) is 0. The zero-order valence-electron chi connectivity index (χ0n) is 10.6. The molecule has 0 saturated heterocycles. The summed E-state index contributed by atoms with van der Waals surface area (Å²) in [6.45, 7) is 3.48. The van der Waals surface area contributed by atoms with E-state index in [1.54, 1.807) is 0 Å². The van der Waals surface area contributed by atoms with E-state index < -0.39 is 0 Å². The van der Waals surface area contributed by atoms with Crippen LogP contribution in [0.15, 0.2) is 51.4 Å². The van der Waals surface area contributed by atoms with Gasteiger partial charge in [-0.15, -0.1) is 0 Å². The molecule has 2 aromatic carbocycles. The predicted octanol–water partition coefficient (Wildman–Crippen LogP) is 5.01. The Hall–Kier alpha value is -1.00. The molecule has 0 bridgehead atoms. The molecule has 2 rings (SSSR count). The number of aryl methyl sites for hydroxylation is 1. The molecule has 0 amide bonds. The van der Waals surface area contributed by atoms with E-state index in [2.05, 4.69) is 62.3 Å². The molecule has 0 saturated carbocycles. The van der Waals surface area contributed by atoms with Gasteiger partial charge in [-0.3, -0.25) is 0 Å². The van der Waals surface area contributed by atoms with E-state index in [0.717, 1.165) is 26.9 Å².